The zero-order chi connectivity index (χ0) is 20.3. The monoisotopic (exact) mass is 442 g/mol. The van der Waals surface area contributed by atoms with Gasteiger partial charge in [-0.05, 0) is 30.2 Å². The highest BCUT2D eigenvalue weighted by Crippen LogP contribution is 2.32. The Morgan fingerprint density at radius 3 is 2.64 bits per heavy atom. The number of fused-ring (bicyclic) bond motifs is 1. The molecule has 28 heavy (non-hydrogen) atoms. The van der Waals surface area contributed by atoms with Crippen LogP contribution in [0.1, 0.15) is 19.4 Å². The molecule has 0 saturated carbocycles. The van der Waals surface area contributed by atoms with Crippen LogP contribution in [-0.2, 0) is 18.0 Å². The normalized spacial score (nSPS) is 12.4. The van der Waals surface area contributed by atoms with Gasteiger partial charge in [0.2, 0.25) is 5.82 Å². The first kappa shape index (κ1) is 20.9. The number of nitrogens with zero attached hydrogens (tertiary/aromatic N) is 1. The van der Waals surface area contributed by atoms with Gasteiger partial charge in [0, 0.05) is 16.7 Å². The molecule has 0 aliphatic rings. The second-order valence-electron chi connectivity index (χ2n) is 6.61. The van der Waals surface area contributed by atoms with Crippen LogP contribution in [0.15, 0.2) is 34.9 Å². The largest absolute Gasteiger partial charge is 0.593 e. The number of nitrogens with one attached hydrogen (secondary N) is 1. The Balaban J connectivity index is 1.71. The van der Waals surface area contributed by atoms with Crippen LogP contribution in [0.5, 0.6) is 11.5 Å². The molecule has 1 heterocycles. The number of hydrogen-bond acceptors (Lipinski definition) is 6. The van der Waals surface area contributed by atoms with Gasteiger partial charge >= 0.3 is 0 Å². The first-order chi connectivity index (χ1) is 13.3. The molecule has 1 aromatic heterocycles. The van der Waals surface area contributed by atoms with Gasteiger partial charge in [-0.1, -0.05) is 42.2 Å². The number of ether oxygens (including phenoxy) is 2. The number of hydrogen-bond donors (Lipinski definition) is 1. The van der Waals surface area contributed by atoms with Crippen LogP contribution in [0.4, 0.5) is 5.82 Å². The van der Waals surface area contributed by atoms with E-state index in [0.717, 1.165) is 5.56 Å². The van der Waals surface area contributed by atoms with Crippen LogP contribution >= 0.6 is 23.2 Å². The second-order valence-corrected chi connectivity index (χ2v) is 8.54. The van der Waals surface area contributed by atoms with Crippen molar-refractivity contribution in [3.05, 3.63) is 45.9 Å². The van der Waals surface area contributed by atoms with Crippen molar-refractivity contribution in [1.82, 2.24) is 5.16 Å². The molecule has 2 aromatic carbocycles. The summed E-state index contributed by atoms with van der Waals surface area (Å²) in [6, 6.07) is 8.73. The molecular weight excluding hydrogens is 423 g/mol. The Kier molecular flexibility index (Phi) is 6.82. The zero-order valence-corrected chi connectivity index (χ0v) is 18.0. The maximum atomic E-state index is 11.3. The standard InChI is InChI=1S/C19H20Cl2N2O4S/c1-11(2)9-26-17-5-4-13(7-16(17)21)25-10-12-6-18-14(8-15(12)20)19(22-27-18)23-28(3)24/h4-8,11H,9-10H2,1-3H3,(H,22,23). The van der Waals surface area contributed by atoms with Gasteiger partial charge in [-0.15, -0.1) is 0 Å². The number of aromatic nitrogens is 1. The minimum absolute atomic E-state index is 0.223. The summed E-state index contributed by atoms with van der Waals surface area (Å²) in [5, 5.41) is 5.50. The van der Waals surface area contributed by atoms with Crippen molar-refractivity contribution >= 4 is 51.4 Å². The zero-order valence-electron chi connectivity index (χ0n) is 15.6. The molecule has 0 bridgehead atoms. The van der Waals surface area contributed by atoms with Crippen molar-refractivity contribution < 1.29 is 18.5 Å². The lowest BCUT2D eigenvalue weighted by Crippen LogP contribution is -2.09. The van der Waals surface area contributed by atoms with E-state index in [1.54, 1.807) is 30.3 Å². The molecule has 1 N–H and O–H groups in total. The lowest BCUT2D eigenvalue weighted by Gasteiger charge is -2.12. The highest BCUT2D eigenvalue weighted by molar-refractivity contribution is 7.92. The molecular formula is C19H20Cl2N2O4S. The van der Waals surface area contributed by atoms with Crippen molar-refractivity contribution in [3.63, 3.8) is 0 Å². The summed E-state index contributed by atoms with van der Waals surface area (Å²) in [6.07, 6.45) is 1.51. The maximum absolute atomic E-state index is 11.3. The Morgan fingerprint density at radius 1 is 1.18 bits per heavy atom. The summed E-state index contributed by atoms with van der Waals surface area (Å²) < 4.78 is 30.8. The third-order valence-corrected chi connectivity index (χ3v) is 4.88. The maximum Gasteiger partial charge on any atom is 0.220 e. The summed E-state index contributed by atoms with van der Waals surface area (Å²) in [5.74, 6) is 2.01. The van der Waals surface area contributed by atoms with Crippen LogP contribution in [-0.4, -0.2) is 22.6 Å². The number of rotatable bonds is 8. The summed E-state index contributed by atoms with van der Waals surface area (Å²) in [5.41, 5.74) is 1.25. The van der Waals surface area contributed by atoms with E-state index in [1.807, 2.05) is 0 Å². The van der Waals surface area contributed by atoms with E-state index in [4.69, 9.17) is 37.2 Å². The van der Waals surface area contributed by atoms with Gasteiger partial charge in [-0.2, -0.15) is 4.72 Å². The molecule has 0 radical (unpaired) electrons. The summed E-state index contributed by atoms with van der Waals surface area (Å²) in [4.78, 5) is 0. The summed E-state index contributed by atoms with van der Waals surface area (Å²) in [7, 11) is 0. The van der Waals surface area contributed by atoms with Crippen molar-refractivity contribution in [1.29, 1.82) is 0 Å². The Labute approximate surface area is 176 Å². The fraction of sp³-hybridized carbons (Fsp3) is 0.316. The molecule has 1 atom stereocenters. The van der Waals surface area contributed by atoms with Crippen molar-refractivity contribution in [2.24, 2.45) is 5.92 Å². The topological polar surface area (TPSA) is 79.6 Å². The third kappa shape index (κ3) is 5.17. The van der Waals surface area contributed by atoms with Gasteiger partial charge in [0.1, 0.15) is 24.4 Å². The minimum atomic E-state index is -1.26. The average Bonchev–Trinajstić information content (AvgIpc) is 2.99. The van der Waals surface area contributed by atoms with Crippen LogP contribution in [0.3, 0.4) is 0 Å². The molecule has 0 spiro atoms. The van der Waals surface area contributed by atoms with E-state index in [9.17, 15) is 4.55 Å². The smallest absolute Gasteiger partial charge is 0.220 e. The van der Waals surface area contributed by atoms with Crippen molar-refractivity contribution in [2.45, 2.75) is 20.5 Å². The van der Waals surface area contributed by atoms with Crippen molar-refractivity contribution in [2.75, 3.05) is 17.6 Å². The number of benzene rings is 2. The van der Waals surface area contributed by atoms with E-state index in [-0.39, 0.29) is 6.61 Å². The predicted molar refractivity (Wildman–Crippen MR) is 113 cm³/mol. The van der Waals surface area contributed by atoms with Gasteiger partial charge in [0.25, 0.3) is 0 Å². The Bertz CT molecular complexity index is 963. The van der Waals surface area contributed by atoms with Gasteiger partial charge in [0.05, 0.1) is 28.4 Å². The lowest BCUT2D eigenvalue weighted by atomic mass is 10.2. The summed E-state index contributed by atoms with van der Waals surface area (Å²) in [6.45, 7) is 4.96. The average molecular weight is 443 g/mol. The van der Waals surface area contributed by atoms with E-state index >= 15 is 0 Å². The van der Waals surface area contributed by atoms with Crippen LogP contribution in [0, 0.1) is 5.92 Å². The van der Waals surface area contributed by atoms with E-state index in [0.29, 0.717) is 50.9 Å². The van der Waals surface area contributed by atoms with Crippen LogP contribution < -0.4 is 14.2 Å². The highest BCUT2D eigenvalue weighted by Gasteiger charge is 2.15. The van der Waals surface area contributed by atoms with E-state index in [2.05, 4.69) is 23.7 Å². The van der Waals surface area contributed by atoms with Crippen LogP contribution in [0.2, 0.25) is 10.0 Å². The van der Waals surface area contributed by atoms with Gasteiger partial charge in [-0.25, -0.2) is 0 Å². The van der Waals surface area contributed by atoms with Crippen LogP contribution in [0.25, 0.3) is 11.0 Å². The minimum Gasteiger partial charge on any atom is -0.593 e. The lowest BCUT2D eigenvalue weighted by molar-refractivity contribution is 0.269. The van der Waals surface area contributed by atoms with Gasteiger partial charge in [0.15, 0.2) is 5.58 Å². The predicted octanol–water partition coefficient (Wildman–Crippen LogP) is 5.45. The van der Waals surface area contributed by atoms with E-state index in [1.165, 1.54) is 6.26 Å². The highest BCUT2D eigenvalue weighted by atomic mass is 35.5. The molecule has 0 fully saturated rings. The molecule has 0 amide bonds. The van der Waals surface area contributed by atoms with Gasteiger partial charge in [-0.3, -0.25) is 0 Å². The van der Waals surface area contributed by atoms with Gasteiger partial charge < -0.3 is 18.5 Å². The van der Waals surface area contributed by atoms with Crippen molar-refractivity contribution in [3.8, 4) is 11.5 Å². The fourth-order valence-electron chi connectivity index (χ4n) is 2.43. The molecule has 1 unspecified atom stereocenters. The molecule has 0 aliphatic carbocycles. The Hall–Kier alpha value is -1.80. The quantitative estimate of drug-likeness (QED) is 0.466. The Morgan fingerprint density at radius 2 is 1.96 bits per heavy atom. The number of halogens is 2. The molecule has 6 nitrogen and oxygen atoms in total. The SMILES string of the molecule is CC(C)COc1ccc(OCc2cc3onc(N[S+](C)[O-])c3cc2Cl)cc1Cl. The first-order valence-electron chi connectivity index (χ1n) is 8.56. The molecule has 150 valence electrons. The van der Waals surface area contributed by atoms with E-state index < -0.39 is 11.4 Å². The first-order valence-corrected chi connectivity index (χ1v) is 10.9. The summed E-state index contributed by atoms with van der Waals surface area (Å²) >= 11 is 11.4. The molecule has 9 heteroatoms. The molecule has 3 aromatic rings. The third-order valence-electron chi connectivity index (χ3n) is 3.75. The fourth-order valence-corrected chi connectivity index (χ4v) is 3.29. The molecule has 3 rings (SSSR count). The second kappa shape index (κ2) is 9.13. The molecule has 0 aliphatic heterocycles. The molecule has 0 saturated heterocycles. The number of anilines is 1.